The van der Waals surface area contributed by atoms with E-state index in [1.165, 1.54) is 4.90 Å². The zero-order valence-corrected chi connectivity index (χ0v) is 14.0. The highest BCUT2D eigenvalue weighted by Gasteiger charge is 2.44. The summed E-state index contributed by atoms with van der Waals surface area (Å²) in [5.41, 5.74) is 0.681. The molecule has 0 aliphatic carbocycles. The van der Waals surface area contributed by atoms with E-state index in [4.69, 9.17) is 9.84 Å². The number of carboxylic acid groups (broad SMARTS) is 1. The van der Waals surface area contributed by atoms with E-state index in [-0.39, 0.29) is 6.61 Å². The number of aliphatic carboxylic acids is 1. The van der Waals surface area contributed by atoms with Crippen LogP contribution in [-0.2, 0) is 20.9 Å². The first-order chi connectivity index (χ1) is 12.3. The second-order valence-electron chi connectivity index (χ2n) is 6.00. The third-order valence-electron chi connectivity index (χ3n) is 3.99. The van der Waals surface area contributed by atoms with Crippen LogP contribution in [0.5, 0.6) is 0 Å². The van der Waals surface area contributed by atoms with Crippen LogP contribution in [0.2, 0.25) is 0 Å². The van der Waals surface area contributed by atoms with Crippen LogP contribution in [0.25, 0.3) is 0 Å². The monoisotopic (exact) mass is 370 g/mol. The Labute approximate surface area is 148 Å². The maximum absolute atomic E-state index is 13.6. The Hall–Kier alpha value is -2.71. The maximum Gasteiger partial charge on any atom is 0.408 e. The molecular weight excluding hydrogens is 350 g/mol. The standard InChI is InChI=1S/C17H20F2N2O5/c18-17(19,15(23)24)10-13(14(22)21-8-4-5-9-21)20-16(25)26-11-12-6-2-1-3-7-12/h1-3,6-7,13H,4-5,8-11H2,(H,20,25)(H,23,24)/t13-/m0/s1. The number of ether oxygens (including phenoxy) is 1. The van der Waals surface area contributed by atoms with Gasteiger partial charge in [-0.3, -0.25) is 4.79 Å². The van der Waals surface area contributed by atoms with Gasteiger partial charge in [-0.1, -0.05) is 30.3 Å². The molecule has 2 rings (SSSR count). The number of amides is 2. The smallest absolute Gasteiger partial charge is 0.408 e. The van der Waals surface area contributed by atoms with Crippen LogP contribution in [0.1, 0.15) is 24.8 Å². The van der Waals surface area contributed by atoms with Crippen molar-refractivity contribution >= 4 is 18.0 Å². The summed E-state index contributed by atoms with van der Waals surface area (Å²) in [5, 5.41) is 10.7. The molecule has 2 amide bonds. The molecule has 1 heterocycles. The number of carbonyl (C=O) groups excluding carboxylic acids is 2. The minimum absolute atomic E-state index is 0.105. The zero-order valence-electron chi connectivity index (χ0n) is 14.0. The molecule has 0 spiro atoms. The number of halogens is 2. The predicted octanol–water partition coefficient (Wildman–Crippen LogP) is 2.01. The van der Waals surface area contributed by atoms with Gasteiger partial charge < -0.3 is 20.1 Å². The quantitative estimate of drug-likeness (QED) is 0.766. The van der Waals surface area contributed by atoms with Gasteiger partial charge in [-0.2, -0.15) is 8.78 Å². The van der Waals surface area contributed by atoms with Crippen molar-refractivity contribution in [1.82, 2.24) is 10.2 Å². The van der Waals surface area contributed by atoms with Crippen molar-refractivity contribution in [3.63, 3.8) is 0 Å². The number of rotatable bonds is 7. The van der Waals surface area contributed by atoms with Crippen molar-refractivity contribution in [2.45, 2.75) is 37.8 Å². The first-order valence-electron chi connectivity index (χ1n) is 8.17. The first kappa shape index (κ1) is 19.6. The Morgan fingerprint density at radius 2 is 1.81 bits per heavy atom. The van der Waals surface area contributed by atoms with Gasteiger partial charge in [-0.05, 0) is 18.4 Å². The summed E-state index contributed by atoms with van der Waals surface area (Å²) >= 11 is 0. The molecule has 26 heavy (non-hydrogen) atoms. The summed E-state index contributed by atoms with van der Waals surface area (Å²) in [6, 6.07) is 7.00. The van der Waals surface area contributed by atoms with E-state index in [0.29, 0.717) is 18.7 Å². The number of carbonyl (C=O) groups is 3. The van der Waals surface area contributed by atoms with Crippen molar-refractivity contribution in [2.24, 2.45) is 0 Å². The Morgan fingerprint density at radius 1 is 1.19 bits per heavy atom. The highest BCUT2D eigenvalue weighted by molar-refractivity contribution is 5.87. The molecule has 1 fully saturated rings. The fourth-order valence-corrected chi connectivity index (χ4v) is 2.61. The number of carboxylic acids is 1. The van der Waals surface area contributed by atoms with Crippen LogP contribution in [0.3, 0.4) is 0 Å². The van der Waals surface area contributed by atoms with Gasteiger partial charge in [0.2, 0.25) is 5.91 Å². The molecule has 2 N–H and O–H groups in total. The highest BCUT2D eigenvalue weighted by Crippen LogP contribution is 2.23. The average molecular weight is 370 g/mol. The first-order valence-corrected chi connectivity index (χ1v) is 8.17. The third kappa shape index (κ3) is 5.40. The lowest BCUT2D eigenvalue weighted by molar-refractivity contribution is -0.167. The molecule has 1 atom stereocenters. The second-order valence-corrected chi connectivity index (χ2v) is 6.00. The molecule has 7 nitrogen and oxygen atoms in total. The van der Waals surface area contributed by atoms with Gasteiger partial charge in [0.05, 0.1) is 6.42 Å². The molecule has 1 aliphatic rings. The number of alkyl halides is 2. The summed E-state index contributed by atoms with van der Waals surface area (Å²) in [7, 11) is 0. The van der Waals surface area contributed by atoms with Gasteiger partial charge in [0.1, 0.15) is 12.6 Å². The van der Waals surface area contributed by atoms with E-state index in [2.05, 4.69) is 5.32 Å². The lowest BCUT2D eigenvalue weighted by Crippen LogP contribution is -2.51. The normalized spacial score (nSPS) is 15.4. The SMILES string of the molecule is O=C(N[C@@H](CC(F)(F)C(=O)O)C(=O)N1CCCC1)OCc1ccccc1. The lowest BCUT2D eigenvalue weighted by atomic mass is 10.1. The van der Waals surface area contributed by atoms with Crippen LogP contribution in [0.15, 0.2) is 30.3 Å². The van der Waals surface area contributed by atoms with E-state index < -0.39 is 36.4 Å². The van der Waals surface area contributed by atoms with E-state index in [1.807, 2.05) is 0 Å². The number of benzene rings is 1. The van der Waals surface area contributed by atoms with Crippen molar-refractivity contribution < 1.29 is 33.0 Å². The predicted molar refractivity (Wildman–Crippen MR) is 86.6 cm³/mol. The number of likely N-dealkylation sites (tertiary alicyclic amines) is 1. The number of hydrogen-bond donors (Lipinski definition) is 2. The summed E-state index contributed by atoms with van der Waals surface area (Å²) in [6.45, 7) is 0.663. The lowest BCUT2D eigenvalue weighted by Gasteiger charge is -2.25. The largest absolute Gasteiger partial charge is 0.477 e. The van der Waals surface area contributed by atoms with Crippen LogP contribution >= 0.6 is 0 Å². The Balaban J connectivity index is 2.01. The minimum Gasteiger partial charge on any atom is -0.477 e. The van der Waals surface area contributed by atoms with Gasteiger partial charge in [0.15, 0.2) is 0 Å². The molecule has 0 radical (unpaired) electrons. The van der Waals surface area contributed by atoms with Gasteiger partial charge in [0.25, 0.3) is 0 Å². The van der Waals surface area contributed by atoms with Gasteiger partial charge in [0, 0.05) is 13.1 Å². The summed E-state index contributed by atoms with van der Waals surface area (Å²) in [5.74, 6) is -7.23. The van der Waals surface area contributed by atoms with Crippen molar-refractivity contribution in [3.05, 3.63) is 35.9 Å². The van der Waals surface area contributed by atoms with E-state index in [9.17, 15) is 23.2 Å². The van der Waals surface area contributed by atoms with E-state index in [0.717, 1.165) is 12.8 Å². The van der Waals surface area contributed by atoms with Crippen molar-refractivity contribution in [3.8, 4) is 0 Å². The fourth-order valence-electron chi connectivity index (χ4n) is 2.61. The number of nitrogens with one attached hydrogen (secondary N) is 1. The maximum atomic E-state index is 13.6. The Morgan fingerprint density at radius 3 is 2.38 bits per heavy atom. The zero-order chi connectivity index (χ0) is 19.2. The highest BCUT2D eigenvalue weighted by atomic mass is 19.3. The third-order valence-corrected chi connectivity index (χ3v) is 3.99. The summed E-state index contributed by atoms with van der Waals surface area (Å²) in [6.07, 6.45) is -0.941. The van der Waals surface area contributed by atoms with Crippen molar-refractivity contribution in [2.75, 3.05) is 13.1 Å². The molecule has 0 unspecified atom stereocenters. The molecule has 0 bridgehead atoms. The van der Waals surface area contributed by atoms with Gasteiger partial charge in [-0.15, -0.1) is 0 Å². The summed E-state index contributed by atoms with van der Waals surface area (Å²) in [4.78, 5) is 36.3. The Bertz CT molecular complexity index is 648. The molecule has 142 valence electrons. The van der Waals surface area contributed by atoms with Gasteiger partial charge >= 0.3 is 18.0 Å². The molecule has 1 aliphatic heterocycles. The van der Waals surface area contributed by atoms with Crippen molar-refractivity contribution in [1.29, 1.82) is 0 Å². The van der Waals surface area contributed by atoms with Crippen LogP contribution in [-0.4, -0.2) is 53.0 Å². The van der Waals surface area contributed by atoms with Crippen LogP contribution in [0, 0.1) is 0 Å². The number of alkyl carbamates (subject to hydrolysis) is 1. The molecule has 9 heteroatoms. The second kappa shape index (κ2) is 8.59. The Kier molecular flexibility index (Phi) is 6.48. The molecule has 1 aromatic rings. The van der Waals surface area contributed by atoms with E-state index >= 15 is 0 Å². The molecular formula is C17H20F2N2O5. The van der Waals surface area contributed by atoms with Crippen LogP contribution < -0.4 is 5.32 Å². The van der Waals surface area contributed by atoms with Crippen LogP contribution in [0.4, 0.5) is 13.6 Å². The topological polar surface area (TPSA) is 95.9 Å². The number of nitrogens with zero attached hydrogens (tertiary/aromatic N) is 1. The van der Waals surface area contributed by atoms with Gasteiger partial charge in [-0.25, -0.2) is 9.59 Å². The molecule has 0 saturated carbocycles. The minimum atomic E-state index is -4.15. The number of hydrogen-bond acceptors (Lipinski definition) is 4. The molecule has 1 aromatic carbocycles. The average Bonchev–Trinajstić information content (AvgIpc) is 3.14. The fraction of sp³-hybridized carbons (Fsp3) is 0.471. The molecule has 0 aromatic heterocycles. The molecule has 1 saturated heterocycles. The summed E-state index contributed by atoms with van der Waals surface area (Å²) < 4.78 is 32.1. The van der Waals surface area contributed by atoms with E-state index in [1.54, 1.807) is 30.3 Å².